The highest BCUT2D eigenvalue weighted by molar-refractivity contribution is 5.85. The van der Waals surface area contributed by atoms with E-state index in [0.717, 1.165) is 37.1 Å². The Hall–Kier alpha value is -1.89. The number of carbonyl (C=O) groups is 1. The van der Waals surface area contributed by atoms with Gasteiger partial charge in [0.25, 0.3) is 0 Å². The second-order valence-corrected chi connectivity index (χ2v) is 5.89. The Bertz CT molecular complexity index is 654. The van der Waals surface area contributed by atoms with Gasteiger partial charge in [-0.15, -0.1) is 12.4 Å². The van der Waals surface area contributed by atoms with E-state index in [9.17, 15) is 9.90 Å². The van der Waals surface area contributed by atoms with Gasteiger partial charge in [0.1, 0.15) is 5.54 Å². The Labute approximate surface area is 147 Å². The third-order valence-electron chi connectivity index (χ3n) is 4.42. The summed E-state index contributed by atoms with van der Waals surface area (Å²) in [4.78, 5) is 12.9. The number of piperidine rings is 1. The first kappa shape index (κ1) is 18.4. The first-order valence-electron chi connectivity index (χ1n) is 7.92. The number of aliphatic hydroxyl groups excluding tert-OH is 1. The second kappa shape index (κ2) is 8.28. The topological polar surface area (TPSA) is 79.2 Å². The van der Waals surface area contributed by atoms with Gasteiger partial charge in [-0.25, -0.2) is 0 Å². The van der Waals surface area contributed by atoms with Crippen molar-refractivity contribution >= 4 is 18.3 Å². The molecule has 0 saturated carbocycles. The molecule has 1 aliphatic heterocycles. The molecule has 7 heteroatoms. The van der Waals surface area contributed by atoms with Crippen molar-refractivity contribution in [2.24, 2.45) is 0 Å². The molecule has 0 atom stereocenters. The molecule has 130 valence electrons. The highest BCUT2D eigenvalue weighted by atomic mass is 35.5. The van der Waals surface area contributed by atoms with Crippen LogP contribution in [0.15, 0.2) is 42.7 Å². The molecular weight excluding hydrogens is 328 g/mol. The standard InChI is InChI=1S/C17H22N4O2.ClH/c22-13-15-4-1-3-14(11-15)12-19-16(23)17(5-8-18-9-6-17)21-10-2-7-20-21;/h1-4,7,10-11,18,22H,5-6,8-9,12-13H2,(H,19,23);1H. The van der Waals surface area contributed by atoms with Crippen LogP contribution in [-0.2, 0) is 23.5 Å². The third kappa shape index (κ3) is 3.77. The van der Waals surface area contributed by atoms with Gasteiger partial charge in [-0.1, -0.05) is 24.3 Å². The minimum Gasteiger partial charge on any atom is -0.392 e. The average molecular weight is 351 g/mol. The van der Waals surface area contributed by atoms with E-state index in [1.165, 1.54) is 0 Å². The van der Waals surface area contributed by atoms with Gasteiger partial charge in [0, 0.05) is 18.9 Å². The Morgan fingerprint density at radius 3 is 2.71 bits per heavy atom. The van der Waals surface area contributed by atoms with Gasteiger partial charge in [0.15, 0.2) is 0 Å². The Kier molecular flexibility index (Phi) is 6.36. The average Bonchev–Trinajstić information content (AvgIpc) is 3.15. The van der Waals surface area contributed by atoms with Crippen LogP contribution in [-0.4, -0.2) is 33.9 Å². The van der Waals surface area contributed by atoms with E-state index in [-0.39, 0.29) is 24.9 Å². The molecule has 1 saturated heterocycles. The van der Waals surface area contributed by atoms with Gasteiger partial charge in [-0.05, 0) is 43.1 Å². The molecule has 2 aromatic rings. The molecule has 1 fully saturated rings. The van der Waals surface area contributed by atoms with Crippen LogP contribution in [0.4, 0.5) is 0 Å². The van der Waals surface area contributed by atoms with E-state index >= 15 is 0 Å². The zero-order chi connectivity index (χ0) is 16.1. The van der Waals surface area contributed by atoms with Crippen molar-refractivity contribution < 1.29 is 9.90 Å². The van der Waals surface area contributed by atoms with Gasteiger partial charge < -0.3 is 15.7 Å². The first-order valence-corrected chi connectivity index (χ1v) is 7.92. The van der Waals surface area contributed by atoms with Crippen LogP contribution in [0.2, 0.25) is 0 Å². The highest BCUT2D eigenvalue weighted by Crippen LogP contribution is 2.27. The summed E-state index contributed by atoms with van der Waals surface area (Å²) in [7, 11) is 0. The summed E-state index contributed by atoms with van der Waals surface area (Å²) in [5.41, 5.74) is 1.21. The summed E-state index contributed by atoms with van der Waals surface area (Å²) in [6, 6.07) is 9.46. The fourth-order valence-corrected chi connectivity index (χ4v) is 3.11. The molecule has 0 bridgehead atoms. The maximum atomic E-state index is 12.9. The predicted molar refractivity (Wildman–Crippen MR) is 93.8 cm³/mol. The smallest absolute Gasteiger partial charge is 0.248 e. The molecule has 1 aromatic carbocycles. The van der Waals surface area contributed by atoms with Crippen LogP contribution in [0, 0.1) is 0 Å². The number of halogens is 1. The van der Waals surface area contributed by atoms with Gasteiger partial charge >= 0.3 is 0 Å². The van der Waals surface area contributed by atoms with Crippen LogP contribution in [0.1, 0.15) is 24.0 Å². The lowest BCUT2D eigenvalue weighted by Crippen LogP contribution is -2.54. The fourth-order valence-electron chi connectivity index (χ4n) is 3.11. The molecular formula is C17H23ClN4O2. The van der Waals surface area contributed by atoms with E-state index in [0.29, 0.717) is 6.54 Å². The number of amides is 1. The van der Waals surface area contributed by atoms with Gasteiger partial charge in [-0.2, -0.15) is 5.10 Å². The molecule has 3 rings (SSSR count). The molecule has 0 aliphatic carbocycles. The Morgan fingerprint density at radius 1 is 1.29 bits per heavy atom. The summed E-state index contributed by atoms with van der Waals surface area (Å²) in [6.07, 6.45) is 5.01. The number of carbonyl (C=O) groups excluding carboxylic acids is 1. The minimum atomic E-state index is -0.622. The number of hydrogen-bond donors (Lipinski definition) is 3. The van der Waals surface area contributed by atoms with Crippen molar-refractivity contribution in [2.45, 2.75) is 31.5 Å². The molecule has 3 N–H and O–H groups in total. The second-order valence-electron chi connectivity index (χ2n) is 5.89. The molecule has 6 nitrogen and oxygen atoms in total. The molecule has 0 radical (unpaired) electrons. The lowest BCUT2D eigenvalue weighted by molar-refractivity contribution is -0.132. The van der Waals surface area contributed by atoms with Crippen molar-refractivity contribution in [3.8, 4) is 0 Å². The van der Waals surface area contributed by atoms with Crippen LogP contribution in [0.25, 0.3) is 0 Å². The SMILES string of the molecule is Cl.O=C(NCc1cccc(CO)c1)C1(n2cccn2)CCNCC1. The largest absolute Gasteiger partial charge is 0.392 e. The Morgan fingerprint density at radius 2 is 2.04 bits per heavy atom. The van der Waals surface area contributed by atoms with Crippen LogP contribution >= 0.6 is 12.4 Å². The quantitative estimate of drug-likeness (QED) is 0.757. The third-order valence-corrected chi connectivity index (χ3v) is 4.42. The number of benzene rings is 1. The van der Waals surface area contributed by atoms with E-state index < -0.39 is 5.54 Å². The van der Waals surface area contributed by atoms with E-state index in [1.54, 1.807) is 10.9 Å². The fraction of sp³-hybridized carbons (Fsp3) is 0.412. The number of nitrogens with zero attached hydrogens (tertiary/aromatic N) is 2. The molecule has 1 amide bonds. The van der Waals surface area contributed by atoms with Gasteiger partial charge in [0.2, 0.25) is 5.91 Å². The number of nitrogens with one attached hydrogen (secondary N) is 2. The summed E-state index contributed by atoms with van der Waals surface area (Å²) in [6.45, 7) is 2.05. The van der Waals surface area contributed by atoms with Crippen LogP contribution in [0.3, 0.4) is 0 Å². The normalized spacial score (nSPS) is 16.2. The maximum Gasteiger partial charge on any atom is 0.248 e. The maximum absolute atomic E-state index is 12.9. The van der Waals surface area contributed by atoms with Crippen molar-refractivity contribution in [2.75, 3.05) is 13.1 Å². The van der Waals surface area contributed by atoms with Crippen molar-refractivity contribution in [3.05, 3.63) is 53.9 Å². The van der Waals surface area contributed by atoms with Gasteiger partial charge in [-0.3, -0.25) is 9.48 Å². The van der Waals surface area contributed by atoms with E-state index in [1.807, 2.05) is 36.5 Å². The summed E-state index contributed by atoms with van der Waals surface area (Å²) >= 11 is 0. The minimum absolute atomic E-state index is 0. The monoisotopic (exact) mass is 350 g/mol. The van der Waals surface area contributed by atoms with E-state index in [4.69, 9.17) is 0 Å². The van der Waals surface area contributed by atoms with Crippen LogP contribution < -0.4 is 10.6 Å². The lowest BCUT2D eigenvalue weighted by atomic mass is 9.87. The number of rotatable bonds is 5. The number of aromatic nitrogens is 2. The van der Waals surface area contributed by atoms with Crippen molar-refractivity contribution in [1.29, 1.82) is 0 Å². The predicted octanol–water partition coefficient (Wildman–Crippen LogP) is 1.19. The molecule has 1 aliphatic rings. The molecule has 2 heterocycles. The van der Waals surface area contributed by atoms with Crippen molar-refractivity contribution in [1.82, 2.24) is 20.4 Å². The lowest BCUT2D eigenvalue weighted by Gasteiger charge is -2.36. The van der Waals surface area contributed by atoms with Crippen LogP contribution in [0.5, 0.6) is 0 Å². The Balaban J connectivity index is 0.00000208. The first-order chi connectivity index (χ1) is 11.2. The van der Waals surface area contributed by atoms with Crippen molar-refractivity contribution in [3.63, 3.8) is 0 Å². The summed E-state index contributed by atoms with van der Waals surface area (Å²) in [5.74, 6) is -0.00268. The van der Waals surface area contributed by atoms with E-state index in [2.05, 4.69) is 15.7 Å². The number of hydrogen-bond acceptors (Lipinski definition) is 4. The molecule has 0 unspecified atom stereocenters. The summed E-state index contributed by atoms with van der Waals surface area (Å²) < 4.78 is 1.79. The molecule has 24 heavy (non-hydrogen) atoms. The zero-order valence-corrected chi connectivity index (χ0v) is 14.3. The summed E-state index contributed by atoms with van der Waals surface area (Å²) in [5, 5.41) is 19.9. The zero-order valence-electron chi connectivity index (χ0n) is 13.4. The number of aliphatic hydroxyl groups is 1. The highest BCUT2D eigenvalue weighted by Gasteiger charge is 2.41. The molecule has 1 aromatic heterocycles. The molecule has 0 spiro atoms. The van der Waals surface area contributed by atoms with Gasteiger partial charge in [0.05, 0.1) is 6.61 Å².